The fourth-order valence-corrected chi connectivity index (χ4v) is 1.78. The Morgan fingerprint density at radius 1 is 1.30 bits per heavy atom. The van der Waals surface area contributed by atoms with Gasteiger partial charge in [-0.15, -0.1) is 0 Å². The van der Waals surface area contributed by atoms with Crippen LogP contribution in [-0.2, 0) is 4.74 Å². The van der Waals surface area contributed by atoms with E-state index in [1.165, 1.54) is 6.07 Å². The zero-order valence-corrected chi connectivity index (χ0v) is 12.1. The van der Waals surface area contributed by atoms with Crippen molar-refractivity contribution in [2.75, 3.05) is 5.32 Å². The Morgan fingerprint density at radius 2 is 2.00 bits per heavy atom. The predicted molar refractivity (Wildman–Crippen MR) is 77.4 cm³/mol. The van der Waals surface area contributed by atoms with Gasteiger partial charge in [-0.25, -0.2) is 9.59 Å². The Hall–Kier alpha value is -2.01. The molecule has 1 amide bonds. The van der Waals surface area contributed by atoms with E-state index >= 15 is 0 Å². The number of carbonyl (C=O) groups excluding carboxylic acids is 1. The van der Waals surface area contributed by atoms with Crippen LogP contribution in [0, 0.1) is 0 Å². The second-order valence-electron chi connectivity index (χ2n) is 5.26. The number of ether oxygens (including phenoxy) is 1. The van der Waals surface area contributed by atoms with Gasteiger partial charge in [-0.05, 0) is 45.0 Å². The molecule has 6 heteroatoms. The van der Waals surface area contributed by atoms with E-state index < -0.39 is 17.3 Å². The van der Waals surface area contributed by atoms with Gasteiger partial charge in [0.2, 0.25) is 0 Å². The van der Waals surface area contributed by atoms with Crippen LogP contribution in [0.3, 0.4) is 0 Å². The van der Waals surface area contributed by atoms with Crippen molar-refractivity contribution >= 4 is 34.4 Å². The van der Waals surface area contributed by atoms with E-state index in [9.17, 15) is 9.59 Å². The van der Waals surface area contributed by atoms with E-state index in [0.29, 0.717) is 16.0 Å². The summed E-state index contributed by atoms with van der Waals surface area (Å²) in [6, 6.07) is 6.35. The van der Waals surface area contributed by atoms with Crippen LogP contribution in [0.4, 0.5) is 10.5 Å². The van der Waals surface area contributed by atoms with Crippen LogP contribution in [0.15, 0.2) is 33.5 Å². The van der Waals surface area contributed by atoms with Crippen molar-refractivity contribution in [1.29, 1.82) is 0 Å². The van der Waals surface area contributed by atoms with Gasteiger partial charge in [-0.2, -0.15) is 0 Å². The summed E-state index contributed by atoms with van der Waals surface area (Å²) in [5, 5.41) is 3.49. The average Bonchev–Trinajstić information content (AvgIpc) is 2.28. The zero-order chi connectivity index (χ0) is 14.9. The summed E-state index contributed by atoms with van der Waals surface area (Å²) in [7, 11) is 0. The predicted octanol–water partition coefficient (Wildman–Crippen LogP) is 3.79. The van der Waals surface area contributed by atoms with Crippen LogP contribution in [0.2, 0.25) is 5.02 Å². The van der Waals surface area contributed by atoms with Gasteiger partial charge in [0.05, 0.1) is 0 Å². The van der Waals surface area contributed by atoms with E-state index in [0.717, 1.165) is 0 Å². The third kappa shape index (κ3) is 3.51. The molecule has 20 heavy (non-hydrogen) atoms. The lowest BCUT2D eigenvalue weighted by Crippen LogP contribution is -2.28. The second-order valence-corrected chi connectivity index (χ2v) is 5.69. The monoisotopic (exact) mass is 295 g/mol. The van der Waals surface area contributed by atoms with Gasteiger partial charge in [0.15, 0.2) is 0 Å². The third-order valence-electron chi connectivity index (χ3n) is 2.33. The van der Waals surface area contributed by atoms with Crippen molar-refractivity contribution < 1.29 is 13.9 Å². The number of amides is 1. The molecule has 1 aromatic carbocycles. The first-order valence-corrected chi connectivity index (χ1v) is 6.36. The Bertz CT molecular complexity index is 715. The van der Waals surface area contributed by atoms with E-state index in [1.54, 1.807) is 39.0 Å². The molecule has 1 aromatic heterocycles. The number of carbonyl (C=O) groups is 1. The molecule has 0 saturated carbocycles. The number of hydrogen-bond acceptors (Lipinski definition) is 4. The van der Waals surface area contributed by atoms with Crippen molar-refractivity contribution in [1.82, 2.24) is 0 Å². The molecule has 0 bridgehead atoms. The van der Waals surface area contributed by atoms with Gasteiger partial charge < -0.3 is 9.15 Å². The number of anilines is 1. The SMILES string of the molecule is CC(C)(C)OC(=O)Nc1cc2cc(Cl)ccc2oc1=O. The Morgan fingerprint density at radius 3 is 2.65 bits per heavy atom. The normalized spacial score (nSPS) is 11.4. The Kier molecular flexibility index (Phi) is 3.72. The summed E-state index contributed by atoms with van der Waals surface area (Å²) >= 11 is 5.87. The summed E-state index contributed by atoms with van der Waals surface area (Å²) in [6.07, 6.45) is -0.717. The van der Waals surface area contributed by atoms with Gasteiger partial charge in [-0.1, -0.05) is 11.6 Å². The summed E-state index contributed by atoms with van der Waals surface area (Å²) in [5.74, 6) is 0. The number of halogens is 1. The van der Waals surface area contributed by atoms with Gasteiger partial charge in [0.1, 0.15) is 16.9 Å². The highest BCUT2D eigenvalue weighted by atomic mass is 35.5. The average molecular weight is 296 g/mol. The second kappa shape index (κ2) is 5.17. The molecule has 0 atom stereocenters. The molecular weight excluding hydrogens is 282 g/mol. The van der Waals surface area contributed by atoms with Crippen LogP contribution >= 0.6 is 11.6 Å². The topological polar surface area (TPSA) is 68.5 Å². The molecule has 1 N–H and O–H groups in total. The molecule has 0 aliphatic carbocycles. The van der Waals surface area contributed by atoms with E-state index in [4.69, 9.17) is 20.8 Å². The lowest BCUT2D eigenvalue weighted by Gasteiger charge is -2.19. The highest BCUT2D eigenvalue weighted by molar-refractivity contribution is 6.31. The van der Waals surface area contributed by atoms with E-state index in [-0.39, 0.29) is 5.69 Å². The maximum atomic E-state index is 11.7. The lowest BCUT2D eigenvalue weighted by atomic mass is 10.2. The molecule has 0 radical (unpaired) electrons. The minimum Gasteiger partial charge on any atom is -0.444 e. The van der Waals surface area contributed by atoms with Crippen LogP contribution in [0.1, 0.15) is 20.8 Å². The zero-order valence-electron chi connectivity index (χ0n) is 11.3. The molecule has 1 heterocycles. The van der Waals surface area contributed by atoms with E-state index in [2.05, 4.69) is 5.32 Å². The number of fused-ring (bicyclic) bond motifs is 1. The quantitative estimate of drug-likeness (QED) is 0.813. The summed E-state index contributed by atoms with van der Waals surface area (Å²) < 4.78 is 10.2. The van der Waals surface area contributed by atoms with E-state index in [1.807, 2.05) is 0 Å². The smallest absolute Gasteiger partial charge is 0.412 e. The number of benzene rings is 1. The van der Waals surface area contributed by atoms with Gasteiger partial charge in [0.25, 0.3) is 0 Å². The van der Waals surface area contributed by atoms with Crippen molar-refractivity contribution in [3.8, 4) is 0 Å². The summed E-state index contributed by atoms with van der Waals surface area (Å²) in [5.41, 5.74) is -0.890. The summed E-state index contributed by atoms with van der Waals surface area (Å²) in [6.45, 7) is 5.19. The van der Waals surface area contributed by atoms with Crippen molar-refractivity contribution in [3.05, 3.63) is 39.7 Å². The molecule has 5 nitrogen and oxygen atoms in total. The maximum absolute atomic E-state index is 11.7. The first-order chi connectivity index (χ1) is 9.24. The van der Waals surface area contributed by atoms with Crippen LogP contribution in [-0.4, -0.2) is 11.7 Å². The molecule has 2 rings (SSSR count). The molecule has 0 unspecified atom stereocenters. The van der Waals surface area contributed by atoms with Crippen molar-refractivity contribution in [2.45, 2.75) is 26.4 Å². The van der Waals surface area contributed by atoms with Gasteiger partial charge in [-0.3, -0.25) is 5.32 Å². The highest BCUT2D eigenvalue weighted by Crippen LogP contribution is 2.20. The van der Waals surface area contributed by atoms with Crippen LogP contribution in [0.5, 0.6) is 0 Å². The minimum atomic E-state index is -0.717. The van der Waals surface area contributed by atoms with Crippen LogP contribution in [0.25, 0.3) is 11.0 Å². The fraction of sp³-hybridized carbons (Fsp3) is 0.286. The molecule has 0 fully saturated rings. The molecule has 0 aliphatic rings. The number of hydrogen-bond donors (Lipinski definition) is 1. The first kappa shape index (κ1) is 14.4. The highest BCUT2D eigenvalue weighted by Gasteiger charge is 2.17. The molecule has 106 valence electrons. The minimum absolute atomic E-state index is 0.00835. The molecule has 2 aromatic rings. The molecular formula is C14H14ClNO4. The molecule has 0 saturated heterocycles. The number of rotatable bonds is 1. The number of nitrogens with one attached hydrogen (secondary N) is 1. The lowest BCUT2D eigenvalue weighted by molar-refractivity contribution is 0.0635. The summed E-state index contributed by atoms with van der Waals surface area (Å²) in [4.78, 5) is 23.4. The molecule has 0 aliphatic heterocycles. The fourth-order valence-electron chi connectivity index (χ4n) is 1.60. The first-order valence-electron chi connectivity index (χ1n) is 5.98. The Labute approximate surface area is 120 Å². The van der Waals surface area contributed by atoms with Crippen LogP contribution < -0.4 is 10.9 Å². The van der Waals surface area contributed by atoms with Gasteiger partial charge >= 0.3 is 11.7 Å². The van der Waals surface area contributed by atoms with Crippen molar-refractivity contribution in [2.24, 2.45) is 0 Å². The standard InChI is InChI=1S/C14H14ClNO4/c1-14(2,3)20-13(18)16-10-7-8-6-9(15)4-5-11(8)19-12(10)17/h4-7H,1-3H3,(H,16,18). The molecule has 0 spiro atoms. The van der Waals surface area contributed by atoms with Gasteiger partial charge in [0, 0.05) is 10.4 Å². The largest absolute Gasteiger partial charge is 0.444 e. The third-order valence-corrected chi connectivity index (χ3v) is 2.56. The van der Waals surface area contributed by atoms with Crippen molar-refractivity contribution in [3.63, 3.8) is 0 Å². The Balaban J connectivity index is 2.32. The maximum Gasteiger partial charge on any atom is 0.412 e.